The van der Waals surface area contributed by atoms with Crippen molar-refractivity contribution in [1.82, 2.24) is 19.9 Å². The molecule has 0 aliphatic heterocycles. The van der Waals surface area contributed by atoms with Crippen molar-refractivity contribution in [2.24, 2.45) is 0 Å². The number of pyridine rings is 1. The summed E-state index contributed by atoms with van der Waals surface area (Å²) in [6, 6.07) is 3.84. The molecule has 0 saturated heterocycles. The van der Waals surface area contributed by atoms with E-state index in [0.29, 0.717) is 0 Å². The van der Waals surface area contributed by atoms with Gasteiger partial charge in [-0.15, -0.1) is 0 Å². The van der Waals surface area contributed by atoms with Crippen LogP contribution in [0, 0.1) is 13.8 Å². The predicted molar refractivity (Wildman–Crippen MR) is 73.9 cm³/mol. The van der Waals surface area contributed by atoms with E-state index in [4.69, 9.17) is 0 Å². The van der Waals surface area contributed by atoms with Gasteiger partial charge in [-0.25, -0.2) is 4.98 Å². The summed E-state index contributed by atoms with van der Waals surface area (Å²) in [5.74, 6) is -0.145. The Bertz CT molecular complexity index is 628. The summed E-state index contributed by atoms with van der Waals surface area (Å²) >= 11 is 0. The van der Waals surface area contributed by atoms with Crippen molar-refractivity contribution in [3.05, 3.63) is 47.8 Å². The van der Waals surface area contributed by atoms with Crippen molar-refractivity contribution in [3.63, 3.8) is 0 Å². The van der Waals surface area contributed by atoms with E-state index in [1.165, 1.54) is 6.08 Å². The molecule has 0 atom stereocenters. The summed E-state index contributed by atoms with van der Waals surface area (Å²) < 4.78 is 1.93. The van der Waals surface area contributed by atoms with Crippen molar-refractivity contribution in [3.8, 4) is 5.69 Å². The van der Waals surface area contributed by atoms with E-state index in [1.807, 2.05) is 36.7 Å². The highest BCUT2D eigenvalue weighted by atomic mass is 16.1. The first kappa shape index (κ1) is 13.0. The highest BCUT2D eigenvalue weighted by molar-refractivity contribution is 5.91. The zero-order valence-electron chi connectivity index (χ0n) is 11.2. The van der Waals surface area contributed by atoms with Crippen LogP contribution in [0.25, 0.3) is 11.8 Å². The molecule has 2 heterocycles. The fraction of sp³-hybridized carbons (Fsp3) is 0.214. The number of hydrogen-bond donors (Lipinski definition) is 1. The second-order valence-corrected chi connectivity index (χ2v) is 4.21. The van der Waals surface area contributed by atoms with Crippen LogP contribution in [-0.2, 0) is 4.79 Å². The standard InChI is InChI=1S/C14H16N4O/c1-10-8-18(9-16-10)13-6-4-12(17-11(13)2)5-7-14(19)15-3/h4-9H,1-3H3,(H,15,19)/b7-5+. The Morgan fingerprint density at radius 3 is 2.74 bits per heavy atom. The van der Waals surface area contributed by atoms with Gasteiger partial charge >= 0.3 is 0 Å². The molecule has 0 spiro atoms. The molecule has 0 bridgehead atoms. The van der Waals surface area contributed by atoms with Crippen LogP contribution in [0.3, 0.4) is 0 Å². The number of imidazole rings is 1. The van der Waals surface area contributed by atoms with Gasteiger partial charge in [0.25, 0.3) is 0 Å². The molecule has 19 heavy (non-hydrogen) atoms. The number of aromatic nitrogens is 3. The van der Waals surface area contributed by atoms with E-state index in [0.717, 1.165) is 22.8 Å². The average Bonchev–Trinajstić information content (AvgIpc) is 2.82. The highest BCUT2D eigenvalue weighted by Gasteiger charge is 2.03. The molecule has 0 unspecified atom stereocenters. The molecule has 5 heteroatoms. The summed E-state index contributed by atoms with van der Waals surface area (Å²) in [6.07, 6.45) is 6.86. The highest BCUT2D eigenvalue weighted by Crippen LogP contribution is 2.13. The Balaban J connectivity index is 2.27. The number of nitrogens with one attached hydrogen (secondary N) is 1. The van der Waals surface area contributed by atoms with E-state index in [9.17, 15) is 4.79 Å². The van der Waals surface area contributed by atoms with Gasteiger partial charge in [0, 0.05) is 19.3 Å². The number of hydrogen-bond acceptors (Lipinski definition) is 3. The molecule has 0 aliphatic rings. The maximum absolute atomic E-state index is 11.1. The van der Waals surface area contributed by atoms with E-state index < -0.39 is 0 Å². The van der Waals surface area contributed by atoms with Gasteiger partial charge in [0.05, 0.1) is 29.1 Å². The largest absolute Gasteiger partial charge is 0.356 e. The first-order chi connectivity index (χ1) is 9.10. The van der Waals surface area contributed by atoms with Crippen LogP contribution in [-0.4, -0.2) is 27.5 Å². The zero-order chi connectivity index (χ0) is 13.8. The minimum absolute atomic E-state index is 0.145. The molecule has 0 saturated carbocycles. The van der Waals surface area contributed by atoms with Crippen LogP contribution in [0.15, 0.2) is 30.7 Å². The normalized spacial score (nSPS) is 10.9. The van der Waals surface area contributed by atoms with Gasteiger partial charge in [-0.3, -0.25) is 9.78 Å². The van der Waals surface area contributed by atoms with Crippen molar-refractivity contribution >= 4 is 12.0 Å². The van der Waals surface area contributed by atoms with E-state index in [2.05, 4.69) is 15.3 Å². The van der Waals surface area contributed by atoms with Gasteiger partial charge in [-0.1, -0.05) is 0 Å². The average molecular weight is 256 g/mol. The molecule has 0 aliphatic carbocycles. The van der Waals surface area contributed by atoms with Crippen molar-refractivity contribution in [1.29, 1.82) is 0 Å². The van der Waals surface area contributed by atoms with E-state index >= 15 is 0 Å². The summed E-state index contributed by atoms with van der Waals surface area (Å²) in [7, 11) is 1.59. The van der Waals surface area contributed by atoms with Crippen LogP contribution < -0.4 is 5.32 Å². The molecule has 1 amide bonds. The molecule has 2 rings (SSSR count). The van der Waals surface area contributed by atoms with Gasteiger partial charge < -0.3 is 9.88 Å². The third-order valence-electron chi connectivity index (χ3n) is 2.72. The molecule has 2 aromatic rings. The predicted octanol–water partition coefficient (Wildman–Crippen LogP) is 1.64. The van der Waals surface area contributed by atoms with Gasteiger partial charge in [-0.05, 0) is 32.1 Å². The van der Waals surface area contributed by atoms with Crippen LogP contribution in [0.2, 0.25) is 0 Å². The molecular formula is C14H16N4O. The molecule has 0 fully saturated rings. The number of carbonyl (C=O) groups is 1. The molecule has 5 nitrogen and oxygen atoms in total. The van der Waals surface area contributed by atoms with Gasteiger partial charge in [0.1, 0.15) is 0 Å². The molecular weight excluding hydrogens is 240 g/mol. The summed E-state index contributed by atoms with van der Waals surface area (Å²) in [6.45, 7) is 3.88. The SMILES string of the molecule is CNC(=O)/C=C/c1ccc(-n2cnc(C)c2)c(C)n1. The molecule has 0 aromatic carbocycles. The lowest BCUT2D eigenvalue weighted by Gasteiger charge is -2.06. The first-order valence-electron chi connectivity index (χ1n) is 5.98. The molecule has 98 valence electrons. The lowest BCUT2D eigenvalue weighted by atomic mass is 10.2. The Kier molecular flexibility index (Phi) is 3.75. The van der Waals surface area contributed by atoms with E-state index in [-0.39, 0.29) is 5.91 Å². The van der Waals surface area contributed by atoms with Gasteiger partial charge in [0.2, 0.25) is 5.91 Å². The Morgan fingerprint density at radius 2 is 2.16 bits per heavy atom. The number of rotatable bonds is 3. The third-order valence-corrected chi connectivity index (χ3v) is 2.72. The topological polar surface area (TPSA) is 59.8 Å². The number of amides is 1. The quantitative estimate of drug-likeness (QED) is 0.849. The number of nitrogens with zero attached hydrogens (tertiary/aromatic N) is 3. The maximum atomic E-state index is 11.1. The van der Waals surface area contributed by atoms with E-state index in [1.54, 1.807) is 19.5 Å². The summed E-state index contributed by atoms with van der Waals surface area (Å²) in [5.41, 5.74) is 3.58. The van der Waals surface area contributed by atoms with Crippen LogP contribution >= 0.6 is 0 Å². The molecule has 2 aromatic heterocycles. The lowest BCUT2D eigenvalue weighted by molar-refractivity contribution is -0.115. The summed E-state index contributed by atoms with van der Waals surface area (Å²) in [5, 5.41) is 2.52. The van der Waals surface area contributed by atoms with Gasteiger partial charge in [0.15, 0.2) is 0 Å². The lowest BCUT2D eigenvalue weighted by Crippen LogP contribution is -2.13. The van der Waals surface area contributed by atoms with Crippen molar-refractivity contribution in [2.75, 3.05) is 7.05 Å². The van der Waals surface area contributed by atoms with Crippen LogP contribution in [0.1, 0.15) is 17.1 Å². The first-order valence-corrected chi connectivity index (χ1v) is 5.98. The smallest absolute Gasteiger partial charge is 0.243 e. The molecule has 0 radical (unpaired) electrons. The second kappa shape index (κ2) is 5.48. The Labute approximate surface area is 112 Å². The maximum Gasteiger partial charge on any atom is 0.243 e. The Hall–Kier alpha value is -2.43. The van der Waals surface area contributed by atoms with Crippen molar-refractivity contribution in [2.45, 2.75) is 13.8 Å². The van der Waals surface area contributed by atoms with Crippen LogP contribution in [0.4, 0.5) is 0 Å². The minimum Gasteiger partial charge on any atom is -0.356 e. The monoisotopic (exact) mass is 256 g/mol. The number of likely N-dealkylation sites (N-methyl/N-ethyl adjacent to an activating group) is 1. The second-order valence-electron chi connectivity index (χ2n) is 4.21. The Morgan fingerprint density at radius 1 is 1.37 bits per heavy atom. The minimum atomic E-state index is -0.145. The van der Waals surface area contributed by atoms with Gasteiger partial charge in [-0.2, -0.15) is 0 Å². The fourth-order valence-corrected chi connectivity index (χ4v) is 1.74. The van der Waals surface area contributed by atoms with Crippen molar-refractivity contribution < 1.29 is 4.79 Å². The zero-order valence-corrected chi connectivity index (χ0v) is 11.2. The summed E-state index contributed by atoms with van der Waals surface area (Å²) in [4.78, 5) is 19.8. The van der Waals surface area contributed by atoms with Crippen LogP contribution in [0.5, 0.6) is 0 Å². The number of aryl methyl sites for hydroxylation is 2. The molecule has 1 N–H and O–H groups in total. The number of carbonyl (C=O) groups excluding carboxylic acids is 1. The fourth-order valence-electron chi connectivity index (χ4n) is 1.74. The third kappa shape index (κ3) is 3.07.